The highest BCUT2D eigenvalue weighted by Gasteiger charge is 2.34. The first-order chi connectivity index (χ1) is 13.7. The Kier molecular flexibility index (Phi) is 6.51. The van der Waals surface area contributed by atoms with Crippen molar-refractivity contribution in [2.24, 2.45) is 5.92 Å². The van der Waals surface area contributed by atoms with Gasteiger partial charge in [-0.25, -0.2) is 8.42 Å². The summed E-state index contributed by atoms with van der Waals surface area (Å²) in [6.07, 6.45) is 0.914. The van der Waals surface area contributed by atoms with Gasteiger partial charge in [0, 0.05) is 29.7 Å². The van der Waals surface area contributed by atoms with Crippen LogP contribution < -0.4 is 10.1 Å². The number of methoxy groups -OCH3 is 1. The number of rotatable bonds is 5. The molecule has 1 amide bonds. The fourth-order valence-corrected chi connectivity index (χ4v) is 5.43. The number of carbonyl (C=O) groups excluding carboxylic acids is 1. The highest BCUT2D eigenvalue weighted by atomic mass is 35.5. The highest BCUT2D eigenvalue weighted by molar-refractivity contribution is 7.89. The standard InChI is InChI=1S/C21H25ClN2O4S/c1-14-4-6-18(15(2)12-14)23-21(25)16-8-10-24(11-9-16)29(26,27)20-13-17(22)5-7-19(20)28-3/h4-7,12-13,16H,8-11H2,1-3H3,(H,23,25). The predicted octanol–water partition coefficient (Wildman–Crippen LogP) is 4.00. The molecular weight excluding hydrogens is 412 g/mol. The number of nitrogens with one attached hydrogen (secondary N) is 1. The largest absolute Gasteiger partial charge is 0.495 e. The molecule has 1 aliphatic heterocycles. The third kappa shape index (κ3) is 4.74. The molecular formula is C21H25ClN2O4S. The maximum absolute atomic E-state index is 13.1. The highest BCUT2D eigenvalue weighted by Crippen LogP contribution is 2.32. The van der Waals surface area contributed by atoms with Crippen LogP contribution in [0.1, 0.15) is 24.0 Å². The average Bonchev–Trinajstić information content (AvgIpc) is 2.70. The molecule has 0 radical (unpaired) electrons. The van der Waals surface area contributed by atoms with Gasteiger partial charge in [0.05, 0.1) is 7.11 Å². The molecule has 3 rings (SSSR count). The van der Waals surface area contributed by atoms with Gasteiger partial charge in [0.2, 0.25) is 15.9 Å². The van der Waals surface area contributed by atoms with Gasteiger partial charge in [0.1, 0.15) is 10.6 Å². The molecule has 8 heteroatoms. The Bertz CT molecular complexity index is 1020. The van der Waals surface area contributed by atoms with Crippen LogP contribution in [0, 0.1) is 19.8 Å². The second kappa shape index (κ2) is 8.73. The number of ether oxygens (including phenoxy) is 1. The molecule has 0 spiro atoms. The molecule has 1 aliphatic rings. The van der Waals surface area contributed by atoms with Crippen LogP contribution in [0.3, 0.4) is 0 Å². The maximum Gasteiger partial charge on any atom is 0.246 e. The van der Waals surface area contributed by atoms with E-state index < -0.39 is 10.0 Å². The van der Waals surface area contributed by atoms with Gasteiger partial charge in [0.15, 0.2) is 0 Å². The molecule has 156 valence electrons. The molecule has 2 aromatic rings. The summed E-state index contributed by atoms with van der Waals surface area (Å²) >= 11 is 5.99. The van der Waals surface area contributed by atoms with Gasteiger partial charge in [-0.05, 0) is 56.5 Å². The lowest BCUT2D eigenvalue weighted by atomic mass is 9.97. The Balaban J connectivity index is 1.68. The Morgan fingerprint density at radius 2 is 1.83 bits per heavy atom. The van der Waals surface area contributed by atoms with E-state index in [4.69, 9.17) is 16.3 Å². The Morgan fingerprint density at radius 1 is 1.14 bits per heavy atom. The fraction of sp³-hybridized carbons (Fsp3) is 0.381. The minimum absolute atomic E-state index is 0.0469. The van der Waals surface area contributed by atoms with Gasteiger partial charge in [-0.3, -0.25) is 4.79 Å². The maximum atomic E-state index is 13.1. The van der Waals surface area contributed by atoms with Crippen molar-refractivity contribution >= 4 is 33.2 Å². The molecule has 6 nitrogen and oxygen atoms in total. The average molecular weight is 437 g/mol. The van der Waals surface area contributed by atoms with E-state index in [1.54, 1.807) is 12.1 Å². The first-order valence-electron chi connectivity index (χ1n) is 9.44. The van der Waals surface area contributed by atoms with E-state index in [9.17, 15) is 13.2 Å². The van der Waals surface area contributed by atoms with Gasteiger partial charge in [-0.1, -0.05) is 29.3 Å². The van der Waals surface area contributed by atoms with Crippen LogP contribution in [0.15, 0.2) is 41.3 Å². The van der Waals surface area contributed by atoms with Crippen LogP contribution in [-0.4, -0.2) is 38.8 Å². The van der Waals surface area contributed by atoms with Crippen LogP contribution in [0.25, 0.3) is 0 Å². The minimum Gasteiger partial charge on any atom is -0.495 e. The van der Waals surface area contributed by atoms with E-state index in [0.717, 1.165) is 16.8 Å². The zero-order chi connectivity index (χ0) is 21.2. The molecule has 2 aromatic carbocycles. The second-order valence-electron chi connectivity index (χ2n) is 7.28. The SMILES string of the molecule is COc1ccc(Cl)cc1S(=O)(=O)N1CCC(C(=O)Nc2ccc(C)cc2C)CC1. The summed E-state index contributed by atoms with van der Waals surface area (Å²) < 4.78 is 32.7. The van der Waals surface area contributed by atoms with Crippen molar-refractivity contribution in [1.29, 1.82) is 0 Å². The lowest BCUT2D eigenvalue weighted by Gasteiger charge is -2.31. The summed E-state index contributed by atoms with van der Waals surface area (Å²) in [5.74, 6) is -0.0538. The van der Waals surface area contributed by atoms with Crippen LogP contribution in [-0.2, 0) is 14.8 Å². The van der Waals surface area contributed by atoms with Gasteiger partial charge >= 0.3 is 0 Å². The van der Waals surface area contributed by atoms with Crippen LogP contribution in [0.2, 0.25) is 5.02 Å². The van der Waals surface area contributed by atoms with Gasteiger partial charge in [-0.2, -0.15) is 4.31 Å². The zero-order valence-corrected chi connectivity index (χ0v) is 18.3. The van der Waals surface area contributed by atoms with Gasteiger partial charge in [-0.15, -0.1) is 0 Å². The Morgan fingerprint density at radius 3 is 2.45 bits per heavy atom. The van der Waals surface area contributed by atoms with Crippen LogP contribution >= 0.6 is 11.6 Å². The lowest BCUT2D eigenvalue weighted by molar-refractivity contribution is -0.120. The summed E-state index contributed by atoms with van der Waals surface area (Å²) in [7, 11) is -2.33. The molecule has 0 saturated carbocycles. The van der Waals surface area contributed by atoms with E-state index in [0.29, 0.717) is 17.9 Å². The summed E-state index contributed by atoms with van der Waals surface area (Å²) in [6, 6.07) is 10.4. The molecule has 0 aromatic heterocycles. The van der Waals surface area contributed by atoms with E-state index in [-0.39, 0.29) is 35.6 Å². The number of nitrogens with zero attached hydrogens (tertiary/aromatic N) is 1. The van der Waals surface area contributed by atoms with Crippen molar-refractivity contribution in [3.8, 4) is 5.75 Å². The number of sulfonamides is 1. The number of halogens is 1. The summed E-state index contributed by atoms with van der Waals surface area (Å²) in [5, 5.41) is 3.30. The monoisotopic (exact) mass is 436 g/mol. The number of benzene rings is 2. The number of hydrogen-bond donors (Lipinski definition) is 1. The summed E-state index contributed by atoms with van der Waals surface area (Å²) in [4.78, 5) is 12.7. The molecule has 1 heterocycles. The van der Waals surface area contributed by atoms with Gasteiger partial charge < -0.3 is 10.1 Å². The molecule has 0 bridgehead atoms. The van der Waals surface area contributed by atoms with Crippen LogP contribution in [0.4, 0.5) is 5.69 Å². The molecule has 1 saturated heterocycles. The zero-order valence-electron chi connectivity index (χ0n) is 16.7. The smallest absolute Gasteiger partial charge is 0.246 e. The fourth-order valence-electron chi connectivity index (χ4n) is 3.54. The third-order valence-corrected chi connectivity index (χ3v) is 7.36. The first-order valence-corrected chi connectivity index (χ1v) is 11.3. The van der Waals surface area contributed by atoms with Crippen molar-refractivity contribution in [2.45, 2.75) is 31.6 Å². The molecule has 29 heavy (non-hydrogen) atoms. The van der Waals surface area contributed by atoms with Crippen molar-refractivity contribution in [1.82, 2.24) is 4.31 Å². The van der Waals surface area contributed by atoms with Gasteiger partial charge in [0.25, 0.3) is 0 Å². The van der Waals surface area contributed by atoms with E-state index >= 15 is 0 Å². The normalized spacial score (nSPS) is 15.9. The minimum atomic E-state index is -3.75. The van der Waals surface area contributed by atoms with Crippen molar-refractivity contribution in [2.75, 3.05) is 25.5 Å². The number of carbonyl (C=O) groups is 1. The first kappa shape index (κ1) is 21.6. The summed E-state index contributed by atoms with van der Waals surface area (Å²) in [5.41, 5.74) is 2.93. The predicted molar refractivity (Wildman–Crippen MR) is 114 cm³/mol. The topological polar surface area (TPSA) is 75.7 Å². The van der Waals surface area contributed by atoms with E-state index in [1.165, 1.54) is 17.5 Å². The number of piperidine rings is 1. The third-order valence-electron chi connectivity index (χ3n) is 5.21. The van der Waals surface area contributed by atoms with Crippen LogP contribution in [0.5, 0.6) is 5.75 Å². The lowest BCUT2D eigenvalue weighted by Crippen LogP contribution is -2.41. The van der Waals surface area contributed by atoms with Crippen molar-refractivity contribution in [3.05, 3.63) is 52.5 Å². The number of amides is 1. The quantitative estimate of drug-likeness (QED) is 0.768. The molecule has 1 fully saturated rings. The Labute approximate surface area is 176 Å². The number of hydrogen-bond acceptors (Lipinski definition) is 4. The second-order valence-corrected chi connectivity index (χ2v) is 9.62. The van der Waals surface area contributed by atoms with Crippen molar-refractivity contribution in [3.63, 3.8) is 0 Å². The molecule has 0 atom stereocenters. The van der Waals surface area contributed by atoms with E-state index in [2.05, 4.69) is 5.32 Å². The van der Waals surface area contributed by atoms with E-state index in [1.807, 2.05) is 32.0 Å². The number of aryl methyl sites for hydroxylation is 2. The Hall–Kier alpha value is -2.09. The summed E-state index contributed by atoms with van der Waals surface area (Å²) in [6.45, 7) is 4.49. The number of anilines is 1. The molecule has 0 unspecified atom stereocenters. The molecule has 0 aliphatic carbocycles. The van der Waals surface area contributed by atoms with Crippen molar-refractivity contribution < 1.29 is 17.9 Å². The molecule has 1 N–H and O–H groups in total.